The van der Waals surface area contributed by atoms with E-state index in [4.69, 9.17) is 9.47 Å². The Hall–Kier alpha value is -2.40. The number of carbonyl (C=O) groups is 1. The van der Waals surface area contributed by atoms with Crippen molar-refractivity contribution >= 4 is 5.91 Å². The molecular formula is C20H22FNO3. The number of amides is 1. The number of nitrogens with one attached hydrogen (secondary N) is 1. The first-order chi connectivity index (χ1) is 12.1. The maximum Gasteiger partial charge on any atom is 0.230 e. The van der Waals surface area contributed by atoms with Crippen LogP contribution in [-0.4, -0.2) is 26.7 Å². The van der Waals surface area contributed by atoms with Crippen molar-refractivity contribution in [2.75, 3.05) is 20.8 Å². The molecule has 0 aliphatic heterocycles. The fourth-order valence-electron chi connectivity index (χ4n) is 3.15. The number of halogens is 1. The molecule has 4 nitrogen and oxygen atoms in total. The average Bonchev–Trinajstić information content (AvgIpc) is 3.45. The SMILES string of the molecule is COc1ccccc1C(CNC(=O)C1(c2ccc(F)cc2)CC1)OC. The molecular weight excluding hydrogens is 321 g/mol. The summed E-state index contributed by atoms with van der Waals surface area (Å²) in [4.78, 5) is 12.7. The highest BCUT2D eigenvalue weighted by atomic mass is 19.1. The average molecular weight is 343 g/mol. The van der Waals surface area contributed by atoms with E-state index in [1.54, 1.807) is 26.4 Å². The van der Waals surface area contributed by atoms with Crippen LogP contribution in [-0.2, 0) is 14.9 Å². The number of para-hydroxylation sites is 1. The van der Waals surface area contributed by atoms with E-state index in [0.717, 1.165) is 29.7 Å². The van der Waals surface area contributed by atoms with E-state index in [1.165, 1.54) is 12.1 Å². The van der Waals surface area contributed by atoms with Gasteiger partial charge in [0.05, 0.1) is 12.5 Å². The third kappa shape index (κ3) is 3.51. The van der Waals surface area contributed by atoms with Crippen LogP contribution >= 0.6 is 0 Å². The molecule has 1 atom stereocenters. The molecule has 2 aromatic carbocycles. The zero-order valence-corrected chi connectivity index (χ0v) is 14.4. The number of methoxy groups -OCH3 is 2. The van der Waals surface area contributed by atoms with Crippen LogP contribution in [0.5, 0.6) is 5.75 Å². The second-order valence-electron chi connectivity index (χ2n) is 6.27. The fraction of sp³-hybridized carbons (Fsp3) is 0.350. The lowest BCUT2D eigenvalue weighted by molar-refractivity contribution is -0.124. The first-order valence-corrected chi connectivity index (χ1v) is 8.31. The van der Waals surface area contributed by atoms with Gasteiger partial charge in [-0.1, -0.05) is 30.3 Å². The van der Waals surface area contributed by atoms with Crippen LogP contribution in [0.2, 0.25) is 0 Å². The number of ether oxygens (including phenoxy) is 2. The van der Waals surface area contributed by atoms with E-state index < -0.39 is 5.41 Å². The second-order valence-corrected chi connectivity index (χ2v) is 6.27. The van der Waals surface area contributed by atoms with Gasteiger partial charge in [0, 0.05) is 19.2 Å². The summed E-state index contributed by atoms with van der Waals surface area (Å²) in [6.45, 7) is 0.346. The van der Waals surface area contributed by atoms with Gasteiger partial charge in [-0.2, -0.15) is 0 Å². The number of benzene rings is 2. The van der Waals surface area contributed by atoms with E-state index in [2.05, 4.69) is 5.32 Å². The van der Waals surface area contributed by atoms with Crippen molar-refractivity contribution in [2.24, 2.45) is 0 Å². The smallest absolute Gasteiger partial charge is 0.230 e. The van der Waals surface area contributed by atoms with Crippen LogP contribution in [0.1, 0.15) is 30.1 Å². The largest absolute Gasteiger partial charge is 0.496 e. The highest BCUT2D eigenvalue weighted by Gasteiger charge is 2.51. The van der Waals surface area contributed by atoms with Gasteiger partial charge in [0.2, 0.25) is 5.91 Å². The van der Waals surface area contributed by atoms with Gasteiger partial charge in [0.15, 0.2) is 0 Å². The zero-order chi connectivity index (χ0) is 17.9. The predicted octanol–water partition coefficient (Wildman–Crippen LogP) is 3.37. The Kier molecular flexibility index (Phi) is 5.04. The van der Waals surface area contributed by atoms with Gasteiger partial charge in [-0.05, 0) is 36.6 Å². The standard InChI is InChI=1S/C20H22FNO3/c1-24-17-6-4-3-5-16(17)18(25-2)13-22-19(23)20(11-12-20)14-7-9-15(21)10-8-14/h3-10,18H,11-13H2,1-2H3,(H,22,23). The zero-order valence-electron chi connectivity index (χ0n) is 14.4. The molecule has 1 aliphatic rings. The van der Waals surface area contributed by atoms with Gasteiger partial charge in [0.1, 0.15) is 17.7 Å². The summed E-state index contributed by atoms with van der Waals surface area (Å²) >= 11 is 0. The molecule has 132 valence electrons. The molecule has 2 aromatic rings. The van der Waals surface area contributed by atoms with Gasteiger partial charge < -0.3 is 14.8 Å². The molecule has 5 heteroatoms. The van der Waals surface area contributed by atoms with Gasteiger partial charge in [-0.25, -0.2) is 4.39 Å². The van der Waals surface area contributed by atoms with Crippen molar-refractivity contribution in [3.63, 3.8) is 0 Å². The Morgan fingerprint density at radius 2 is 1.84 bits per heavy atom. The van der Waals surface area contributed by atoms with Crippen molar-refractivity contribution < 1.29 is 18.7 Å². The van der Waals surface area contributed by atoms with Crippen molar-refractivity contribution in [3.05, 3.63) is 65.5 Å². The van der Waals surface area contributed by atoms with Crippen molar-refractivity contribution in [1.82, 2.24) is 5.32 Å². The monoisotopic (exact) mass is 343 g/mol. The Morgan fingerprint density at radius 3 is 2.44 bits per heavy atom. The van der Waals surface area contributed by atoms with Crippen LogP contribution in [0, 0.1) is 5.82 Å². The van der Waals surface area contributed by atoms with Gasteiger partial charge >= 0.3 is 0 Å². The molecule has 1 saturated carbocycles. The summed E-state index contributed by atoms with van der Waals surface area (Å²) in [6.07, 6.45) is 1.25. The first-order valence-electron chi connectivity index (χ1n) is 8.31. The van der Waals surface area contributed by atoms with E-state index in [0.29, 0.717) is 6.54 Å². The van der Waals surface area contributed by atoms with Crippen LogP contribution < -0.4 is 10.1 Å². The molecule has 0 radical (unpaired) electrons. The van der Waals surface area contributed by atoms with Crippen LogP contribution in [0.15, 0.2) is 48.5 Å². The lowest BCUT2D eigenvalue weighted by atomic mass is 9.95. The number of carbonyl (C=O) groups excluding carboxylic acids is 1. The summed E-state index contributed by atoms with van der Waals surface area (Å²) in [5.41, 5.74) is 1.21. The molecule has 1 unspecified atom stereocenters. The van der Waals surface area contributed by atoms with Crippen molar-refractivity contribution in [3.8, 4) is 5.75 Å². The number of hydrogen-bond acceptors (Lipinski definition) is 3. The minimum absolute atomic E-state index is 0.0453. The van der Waals surface area contributed by atoms with E-state index >= 15 is 0 Å². The van der Waals surface area contributed by atoms with Crippen LogP contribution in [0.4, 0.5) is 4.39 Å². The molecule has 25 heavy (non-hydrogen) atoms. The summed E-state index contributed by atoms with van der Waals surface area (Å²) in [5.74, 6) is 0.384. The molecule has 1 amide bonds. The lowest BCUT2D eigenvalue weighted by Gasteiger charge is -2.21. The van der Waals surface area contributed by atoms with Crippen LogP contribution in [0.25, 0.3) is 0 Å². The predicted molar refractivity (Wildman–Crippen MR) is 93.1 cm³/mol. The molecule has 0 saturated heterocycles. The minimum Gasteiger partial charge on any atom is -0.496 e. The van der Waals surface area contributed by atoms with Crippen molar-refractivity contribution in [1.29, 1.82) is 0 Å². The van der Waals surface area contributed by atoms with E-state index in [-0.39, 0.29) is 17.8 Å². The van der Waals surface area contributed by atoms with Crippen molar-refractivity contribution in [2.45, 2.75) is 24.4 Å². The van der Waals surface area contributed by atoms with Crippen LogP contribution in [0.3, 0.4) is 0 Å². The maximum atomic E-state index is 13.1. The molecule has 3 rings (SSSR count). The Labute approximate surface area is 147 Å². The number of hydrogen-bond donors (Lipinski definition) is 1. The fourth-order valence-corrected chi connectivity index (χ4v) is 3.15. The highest BCUT2D eigenvalue weighted by Crippen LogP contribution is 2.48. The lowest BCUT2D eigenvalue weighted by Crippen LogP contribution is -2.37. The molecule has 0 bridgehead atoms. The summed E-state index contributed by atoms with van der Waals surface area (Å²) in [7, 11) is 3.22. The number of rotatable bonds is 7. The summed E-state index contributed by atoms with van der Waals surface area (Å²) < 4.78 is 24.0. The molecule has 1 N–H and O–H groups in total. The summed E-state index contributed by atoms with van der Waals surface area (Å²) in [5, 5.41) is 2.99. The third-order valence-electron chi connectivity index (χ3n) is 4.80. The molecule has 1 fully saturated rings. The second kappa shape index (κ2) is 7.23. The quantitative estimate of drug-likeness (QED) is 0.838. The highest BCUT2D eigenvalue weighted by molar-refractivity contribution is 5.91. The topological polar surface area (TPSA) is 47.6 Å². The molecule has 1 aliphatic carbocycles. The van der Waals surface area contributed by atoms with Gasteiger partial charge in [-0.15, -0.1) is 0 Å². The molecule has 0 aromatic heterocycles. The van der Waals surface area contributed by atoms with Gasteiger partial charge in [-0.3, -0.25) is 4.79 Å². The molecule has 0 heterocycles. The Balaban J connectivity index is 1.69. The minimum atomic E-state index is -0.535. The van der Waals surface area contributed by atoms with E-state index in [1.807, 2.05) is 24.3 Å². The molecule has 0 spiro atoms. The van der Waals surface area contributed by atoms with Gasteiger partial charge in [0.25, 0.3) is 0 Å². The summed E-state index contributed by atoms with van der Waals surface area (Å²) in [6, 6.07) is 13.8. The third-order valence-corrected chi connectivity index (χ3v) is 4.80. The first kappa shape index (κ1) is 17.4. The Bertz CT molecular complexity index is 741. The maximum absolute atomic E-state index is 13.1. The van der Waals surface area contributed by atoms with E-state index in [9.17, 15) is 9.18 Å². The normalized spacial score (nSPS) is 16.1. The Morgan fingerprint density at radius 1 is 1.16 bits per heavy atom.